The highest BCUT2D eigenvalue weighted by Gasteiger charge is 2.32. The number of benzene rings is 1. The predicted molar refractivity (Wildman–Crippen MR) is 71.6 cm³/mol. The summed E-state index contributed by atoms with van der Waals surface area (Å²) < 4.78 is 5.96. The largest absolute Gasteiger partial charge is 0.488 e. The predicted octanol–water partition coefficient (Wildman–Crippen LogP) is 3.42. The number of fused-ring (bicyclic) bond motifs is 1. The van der Waals surface area contributed by atoms with Crippen molar-refractivity contribution in [3.05, 3.63) is 29.3 Å². The van der Waals surface area contributed by atoms with E-state index in [9.17, 15) is 0 Å². The van der Waals surface area contributed by atoms with Crippen molar-refractivity contribution in [3.63, 3.8) is 0 Å². The lowest BCUT2D eigenvalue weighted by atomic mass is 9.85. The fourth-order valence-corrected chi connectivity index (χ4v) is 2.46. The molecule has 0 saturated heterocycles. The van der Waals surface area contributed by atoms with E-state index >= 15 is 0 Å². The Kier molecular flexibility index (Phi) is 3.17. The van der Waals surface area contributed by atoms with Crippen molar-refractivity contribution in [1.82, 2.24) is 5.32 Å². The summed E-state index contributed by atoms with van der Waals surface area (Å²) in [5.74, 6) is 1.05. The molecule has 1 aliphatic rings. The maximum Gasteiger partial charge on any atom is 0.124 e. The fraction of sp³-hybridized carbons (Fsp3) is 0.600. The molecule has 0 amide bonds. The zero-order valence-corrected chi connectivity index (χ0v) is 11.5. The Morgan fingerprint density at radius 3 is 2.53 bits per heavy atom. The Bertz CT molecular complexity index is 406. The van der Waals surface area contributed by atoms with Crippen LogP contribution < -0.4 is 10.1 Å². The molecule has 0 spiro atoms. The van der Waals surface area contributed by atoms with E-state index in [0.717, 1.165) is 12.2 Å². The van der Waals surface area contributed by atoms with Crippen LogP contribution in [0.15, 0.2) is 18.2 Å². The van der Waals surface area contributed by atoms with Gasteiger partial charge >= 0.3 is 0 Å². The highest BCUT2D eigenvalue weighted by Crippen LogP contribution is 2.40. The normalized spacial score (nSPS) is 23.4. The summed E-state index contributed by atoms with van der Waals surface area (Å²) in [6, 6.07) is 6.93. The van der Waals surface area contributed by atoms with Gasteiger partial charge in [0.1, 0.15) is 11.9 Å². The second-order valence-corrected chi connectivity index (χ2v) is 5.83. The average Bonchev–Trinajstić information content (AvgIpc) is 2.64. The van der Waals surface area contributed by atoms with Gasteiger partial charge in [-0.3, -0.25) is 0 Å². The summed E-state index contributed by atoms with van der Waals surface area (Å²) in [5.41, 5.74) is 2.88. The van der Waals surface area contributed by atoms with Gasteiger partial charge in [0, 0.05) is 5.56 Å². The number of rotatable bonds is 2. The molecule has 0 aromatic heterocycles. The molecule has 1 aliphatic heterocycles. The molecule has 2 atom stereocenters. The smallest absolute Gasteiger partial charge is 0.124 e. The lowest BCUT2D eigenvalue weighted by Crippen LogP contribution is -2.27. The fourth-order valence-electron chi connectivity index (χ4n) is 2.46. The highest BCUT2D eigenvalue weighted by atomic mass is 16.5. The van der Waals surface area contributed by atoms with Gasteiger partial charge in [0.15, 0.2) is 0 Å². The lowest BCUT2D eigenvalue weighted by molar-refractivity contribution is 0.189. The third kappa shape index (κ3) is 2.19. The van der Waals surface area contributed by atoms with Crippen molar-refractivity contribution in [3.8, 4) is 5.75 Å². The zero-order valence-electron chi connectivity index (χ0n) is 11.5. The van der Waals surface area contributed by atoms with Gasteiger partial charge in [-0.15, -0.1) is 0 Å². The molecule has 0 aliphatic carbocycles. The topological polar surface area (TPSA) is 21.3 Å². The van der Waals surface area contributed by atoms with E-state index in [1.165, 1.54) is 11.1 Å². The van der Waals surface area contributed by atoms with E-state index in [-0.39, 0.29) is 11.5 Å². The van der Waals surface area contributed by atoms with Gasteiger partial charge in [0.05, 0.1) is 6.04 Å². The summed E-state index contributed by atoms with van der Waals surface area (Å²) >= 11 is 0. The summed E-state index contributed by atoms with van der Waals surface area (Å²) in [7, 11) is 2.01. The number of nitrogens with one attached hydrogen (secondary N) is 1. The second-order valence-electron chi connectivity index (χ2n) is 5.83. The minimum absolute atomic E-state index is 0.192. The average molecular weight is 233 g/mol. The second kappa shape index (κ2) is 4.34. The Morgan fingerprint density at radius 1 is 1.29 bits per heavy atom. The maximum atomic E-state index is 5.96. The molecule has 0 bridgehead atoms. The Morgan fingerprint density at radius 2 is 2.00 bits per heavy atom. The van der Waals surface area contributed by atoms with Gasteiger partial charge in [-0.2, -0.15) is 0 Å². The van der Waals surface area contributed by atoms with E-state index in [2.05, 4.69) is 51.2 Å². The molecule has 17 heavy (non-hydrogen) atoms. The molecule has 94 valence electrons. The molecule has 1 aromatic rings. The first-order valence-electron chi connectivity index (χ1n) is 6.45. The van der Waals surface area contributed by atoms with Crippen molar-refractivity contribution in [2.75, 3.05) is 7.05 Å². The van der Waals surface area contributed by atoms with Crippen LogP contribution in [0.2, 0.25) is 0 Å². The quantitative estimate of drug-likeness (QED) is 0.845. The van der Waals surface area contributed by atoms with Crippen molar-refractivity contribution < 1.29 is 4.74 Å². The van der Waals surface area contributed by atoms with Crippen LogP contribution in [0.25, 0.3) is 0 Å². The van der Waals surface area contributed by atoms with Crippen LogP contribution in [0.4, 0.5) is 0 Å². The Hall–Kier alpha value is -1.02. The SMILES string of the molecule is CCC1Oc2ccc(C(C)(C)C)cc2C1NC. The number of likely N-dealkylation sites (N-methyl/N-ethyl adjacent to an activating group) is 1. The zero-order chi connectivity index (χ0) is 12.6. The minimum atomic E-state index is 0.192. The van der Waals surface area contributed by atoms with E-state index in [1.54, 1.807) is 0 Å². The molecule has 2 unspecified atom stereocenters. The lowest BCUT2D eigenvalue weighted by Gasteiger charge is -2.20. The molecule has 2 rings (SSSR count). The molecule has 2 heteroatoms. The van der Waals surface area contributed by atoms with Gasteiger partial charge in [-0.1, -0.05) is 33.8 Å². The molecular weight excluding hydrogens is 210 g/mol. The minimum Gasteiger partial charge on any atom is -0.488 e. The Balaban J connectivity index is 2.40. The Labute approximate surface area is 104 Å². The highest BCUT2D eigenvalue weighted by molar-refractivity contribution is 5.45. The summed E-state index contributed by atoms with van der Waals surface area (Å²) in [6.07, 6.45) is 1.30. The van der Waals surface area contributed by atoms with Crippen LogP contribution in [0.1, 0.15) is 51.3 Å². The number of hydrogen-bond acceptors (Lipinski definition) is 2. The molecule has 1 N–H and O–H groups in total. The van der Waals surface area contributed by atoms with Crippen molar-refractivity contribution in [2.45, 2.75) is 51.7 Å². The van der Waals surface area contributed by atoms with E-state index in [1.807, 2.05) is 7.05 Å². The molecule has 1 heterocycles. The van der Waals surface area contributed by atoms with E-state index < -0.39 is 0 Å². The summed E-state index contributed by atoms with van der Waals surface area (Å²) in [4.78, 5) is 0. The third-order valence-corrected chi connectivity index (χ3v) is 3.57. The van der Waals surface area contributed by atoms with Crippen molar-refractivity contribution >= 4 is 0 Å². The molecule has 0 radical (unpaired) electrons. The van der Waals surface area contributed by atoms with Crippen LogP contribution in [-0.4, -0.2) is 13.2 Å². The standard InChI is InChI=1S/C15H23NO/c1-6-12-14(16-5)11-9-10(15(2,3)4)7-8-13(11)17-12/h7-9,12,14,16H,6H2,1-5H3. The van der Waals surface area contributed by atoms with E-state index in [0.29, 0.717) is 6.04 Å². The summed E-state index contributed by atoms with van der Waals surface area (Å²) in [6.45, 7) is 8.91. The molecule has 0 saturated carbocycles. The van der Waals surface area contributed by atoms with Crippen molar-refractivity contribution in [1.29, 1.82) is 0 Å². The van der Waals surface area contributed by atoms with Crippen LogP contribution in [0.3, 0.4) is 0 Å². The van der Waals surface area contributed by atoms with Crippen molar-refractivity contribution in [2.24, 2.45) is 0 Å². The molecule has 1 aromatic carbocycles. The molecule has 2 nitrogen and oxygen atoms in total. The van der Waals surface area contributed by atoms with Gasteiger partial charge in [-0.25, -0.2) is 0 Å². The molecular formula is C15H23NO. The first-order valence-corrected chi connectivity index (χ1v) is 6.45. The van der Waals surface area contributed by atoms with Crippen LogP contribution >= 0.6 is 0 Å². The maximum absolute atomic E-state index is 5.96. The van der Waals surface area contributed by atoms with Gasteiger partial charge in [0.2, 0.25) is 0 Å². The molecule has 0 fully saturated rings. The first kappa shape index (κ1) is 12.4. The van der Waals surface area contributed by atoms with Crippen LogP contribution in [0.5, 0.6) is 5.75 Å². The third-order valence-electron chi connectivity index (χ3n) is 3.57. The van der Waals surface area contributed by atoms with Gasteiger partial charge in [-0.05, 0) is 36.6 Å². The summed E-state index contributed by atoms with van der Waals surface area (Å²) in [5, 5.41) is 3.37. The van der Waals surface area contributed by atoms with E-state index in [4.69, 9.17) is 4.74 Å². The van der Waals surface area contributed by atoms with Gasteiger partial charge < -0.3 is 10.1 Å². The number of hydrogen-bond donors (Lipinski definition) is 1. The van der Waals surface area contributed by atoms with Gasteiger partial charge in [0.25, 0.3) is 0 Å². The van der Waals surface area contributed by atoms with Crippen LogP contribution in [0, 0.1) is 0 Å². The number of ether oxygens (including phenoxy) is 1. The first-order chi connectivity index (χ1) is 7.97. The monoisotopic (exact) mass is 233 g/mol. The van der Waals surface area contributed by atoms with Crippen LogP contribution in [-0.2, 0) is 5.41 Å².